The first-order valence-electron chi connectivity index (χ1n) is 7.29. The number of nitrogens with one attached hydrogen (secondary N) is 1. The van der Waals surface area contributed by atoms with E-state index in [1.807, 2.05) is 30.0 Å². The molecule has 2 aromatic rings. The molecule has 1 unspecified atom stereocenters. The Balaban J connectivity index is 1.68. The smallest absolute Gasteiger partial charge is 0.244 e. The highest BCUT2D eigenvalue weighted by atomic mass is 35.5. The molecule has 1 aliphatic rings. The van der Waals surface area contributed by atoms with E-state index in [1.54, 1.807) is 18.2 Å². The largest absolute Gasteiger partial charge is 0.346 e. The van der Waals surface area contributed by atoms with Gasteiger partial charge in [0.2, 0.25) is 5.91 Å². The van der Waals surface area contributed by atoms with Gasteiger partial charge in [0, 0.05) is 16.7 Å². The third-order valence-corrected chi connectivity index (χ3v) is 5.51. The van der Waals surface area contributed by atoms with Crippen molar-refractivity contribution in [1.29, 1.82) is 0 Å². The van der Waals surface area contributed by atoms with Crippen molar-refractivity contribution in [2.45, 2.75) is 17.4 Å². The van der Waals surface area contributed by atoms with Crippen molar-refractivity contribution in [3.8, 4) is 0 Å². The summed E-state index contributed by atoms with van der Waals surface area (Å²) >= 11 is 13.7. The SMILES string of the molecule is O=C(/C=C/c1ccc(Cl)c(Cl)c1)NC1CCSc2ccccc21. The zero-order valence-electron chi connectivity index (χ0n) is 12.3. The molecule has 1 amide bonds. The molecule has 0 saturated carbocycles. The normalized spacial score (nSPS) is 17.0. The fourth-order valence-electron chi connectivity index (χ4n) is 2.50. The van der Waals surface area contributed by atoms with Crippen molar-refractivity contribution in [3.05, 3.63) is 69.7 Å². The molecular formula is C18H15Cl2NOS. The molecule has 5 heteroatoms. The molecule has 1 heterocycles. The van der Waals surface area contributed by atoms with Crippen LogP contribution in [0.1, 0.15) is 23.6 Å². The lowest BCUT2D eigenvalue weighted by atomic mass is 10.0. The van der Waals surface area contributed by atoms with Crippen LogP contribution < -0.4 is 5.32 Å². The molecule has 1 N–H and O–H groups in total. The summed E-state index contributed by atoms with van der Waals surface area (Å²) in [6.45, 7) is 0. The van der Waals surface area contributed by atoms with Crippen LogP contribution >= 0.6 is 35.0 Å². The first-order chi connectivity index (χ1) is 11.1. The van der Waals surface area contributed by atoms with Gasteiger partial charge in [0.15, 0.2) is 0 Å². The van der Waals surface area contributed by atoms with Crippen LogP contribution in [0.2, 0.25) is 10.0 Å². The lowest BCUT2D eigenvalue weighted by Gasteiger charge is -2.25. The van der Waals surface area contributed by atoms with Crippen LogP contribution in [0.15, 0.2) is 53.4 Å². The predicted molar refractivity (Wildman–Crippen MR) is 98.2 cm³/mol. The van der Waals surface area contributed by atoms with E-state index in [1.165, 1.54) is 16.5 Å². The number of rotatable bonds is 3. The van der Waals surface area contributed by atoms with Crippen LogP contribution in [0.3, 0.4) is 0 Å². The van der Waals surface area contributed by atoms with E-state index in [4.69, 9.17) is 23.2 Å². The molecule has 1 aliphatic heterocycles. The molecule has 23 heavy (non-hydrogen) atoms. The van der Waals surface area contributed by atoms with E-state index in [9.17, 15) is 4.79 Å². The number of hydrogen-bond donors (Lipinski definition) is 1. The highest BCUT2D eigenvalue weighted by molar-refractivity contribution is 7.99. The van der Waals surface area contributed by atoms with Gasteiger partial charge in [0.1, 0.15) is 0 Å². The molecular weight excluding hydrogens is 349 g/mol. The topological polar surface area (TPSA) is 29.1 Å². The summed E-state index contributed by atoms with van der Waals surface area (Å²) in [5.74, 6) is 0.904. The molecule has 0 spiro atoms. The average molecular weight is 364 g/mol. The van der Waals surface area contributed by atoms with Gasteiger partial charge in [0.05, 0.1) is 16.1 Å². The number of hydrogen-bond acceptors (Lipinski definition) is 2. The minimum Gasteiger partial charge on any atom is -0.346 e. The van der Waals surface area contributed by atoms with Gasteiger partial charge in [-0.25, -0.2) is 0 Å². The number of carbonyl (C=O) groups is 1. The Kier molecular flexibility index (Phi) is 5.31. The molecule has 2 aromatic carbocycles. The summed E-state index contributed by atoms with van der Waals surface area (Å²) in [6, 6.07) is 13.6. The number of amides is 1. The summed E-state index contributed by atoms with van der Waals surface area (Å²) in [6.07, 6.45) is 4.21. The predicted octanol–water partition coefficient (Wildman–Crippen LogP) is 5.36. The first kappa shape index (κ1) is 16.4. The van der Waals surface area contributed by atoms with Crippen molar-refractivity contribution >= 4 is 46.9 Å². The maximum atomic E-state index is 12.2. The van der Waals surface area contributed by atoms with E-state index >= 15 is 0 Å². The van der Waals surface area contributed by atoms with Gasteiger partial charge < -0.3 is 5.32 Å². The summed E-state index contributed by atoms with van der Waals surface area (Å²) in [7, 11) is 0. The monoisotopic (exact) mass is 363 g/mol. The second-order valence-corrected chi connectivity index (χ2v) is 7.19. The quantitative estimate of drug-likeness (QED) is 0.743. The van der Waals surface area contributed by atoms with Gasteiger partial charge in [-0.2, -0.15) is 0 Å². The third-order valence-electron chi connectivity index (χ3n) is 3.65. The van der Waals surface area contributed by atoms with Crippen molar-refractivity contribution in [3.63, 3.8) is 0 Å². The van der Waals surface area contributed by atoms with Crippen LogP contribution in [0.25, 0.3) is 6.08 Å². The molecule has 2 nitrogen and oxygen atoms in total. The number of thioether (sulfide) groups is 1. The minimum absolute atomic E-state index is 0.0680. The van der Waals surface area contributed by atoms with E-state index in [0.29, 0.717) is 10.0 Å². The summed E-state index contributed by atoms with van der Waals surface area (Å²) < 4.78 is 0. The fraction of sp³-hybridized carbons (Fsp3) is 0.167. The number of benzene rings is 2. The van der Waals surface area contributed by atoms with Gasteiger partial charge in [0.25, 0.3) is 0 Å². The van der Waals surface area contributed by atoms with E-state index in [-0.39, 0.29) is 11.9 Å². The van der Waals surface area contributed by atoms with E-state index in [2.05, 4.69) is 17.4 Å². The van der Waals surface area contributed by atoms with Gasteiger partial charge in [-0.3, -0.25) is 4.79 Å². The minimum atomic E-state index is -0.109. The molecule has 0 fully saturated rings. The highest BCUT2D eigenvalue weighted by Gasteiger charge is 2.20. The third kappa shape index (κ3) is 4.11. The van der Waals surface area contributed by atoms with Crippen LogP contribution in [0, 0.1) is 0 Å². The number of carbonyl (C=O) groups excluding carboxylic acids is 1. The standard InChI is InChI=1S/C18H15Cl2NOS/c19-14-7-5-12(11-15(14)20)6-8-18(22)21-16-9-10-23-17-4-2-1-3-13(16)17/h1-8,11,16H,9-10H2,(H,21,22)/b8-6+. The lowest BCUT2D eigenvalue weighted by molar-refractivity contribution is -0.117. The van der Waals surface area contributed by atoms with Crippen molar-refractivity contribution in [2.24, 2.45) is 0 Å². The number of halogens is 2. The second kappa shape index (κ2) is 7.43. The summed E-state index contributed by atoms with van der Waals surface area (Å²) in [5, 5.41) is 4.06. The molecule has 0 saturated heterocycles. The van der Waals surface area contributed by atoms with Crippen molar-refractivity contribution in [2.75, 3.05) is 5.75 Å². The summed E-state index contributed by atoms with van der Waals surface area (Å²) in [5.41, 5.74) is 2.04. The fourth-order valence-corrected chi connectivity index (χ4v) is 3.93. The van der Waals surface area contributed by atoms with Crippen LogP contribution in [0.5, 0.6) is 0 Å². The molecule has 0 aliphatic carbocycles. The Morgan fingerprint density at radius 2 is 2.00 bits per heavy atom. The van der Waals surface area contributed by atoms with Gasteiger partial charge in [-0.1, -0.05) is 47.5 Å². The van der Waals surface area contributed by atoms with Crippen LogP contribution in [-0.4, -0.2) is 11.7 Å². The molecule has 3 rings (SSSR count). The molecule has 1 atom stereocenters. The Morgan fingerprint density at radius 1 is 1.17 bits per heavy atom. The lowest BCUT2D eigenvalue weighted by Crippen LogP contribution is -2.29. The first-order valence-corrected chi connectivity index (χ1v) is 9.03. The maximum absolute atomic E-state index is 12.2. The van der Waals surface area contributed by atoms with Crippen LogP contribution in [-0.2, 0) is 4.79 Å². The Labute approximate surface area is 149 Å². The summed E-state index contributed by atoms with van der Waals surface area (Å²) in [4.78, 5) is 13.4. The molecule has 0 radical (unpaired) electrons. The van der Waals surface area contributed by atoms with Gasteiger partial charge in [-0.15, -0.1) is 11.8 Å². The van der Waals surface area contributed by atoms with E-state index < -0.39 is 0 Å². The van der Waals surface area contributed by atoms with E-state index in [0.717, 1.165) is 17.7 Å². The molecule has 0 aromatic heterocycles. The Morgan fingerprint density at radius 3 is 2.83 bits per heavy atom. The van der Waals surface area contributed by atoms with Crippen molar-refractivity contribution in [1.82, 2.24) is 5.32 Å². The molecule has 118 valence electrons. The highest BCUT2D eigenvalue weighted by Crippen LogP contribution is 2.35. The van der Waals surface area contributed by atoms with Crippen LogP contribution in [0.4, 0.5) is 0 Å². The molecule has 0 bridgehead atoms. The zero-order valence-corrected chi connectivity index (χ0v) is 14.6. The zero-order chi connectivity index (χ0) is 16.2. The average Bonchev–Trinajstić information content (AvgIpc) is 2.56. The Bertz CT molecular complexity index is 760. The van der Waals surface area contributed by atoms with Gasteiger partial charge >= 0.3 is 0 Å². The number of fused-ring (bicyclic) bond motifs is 1. The van der Waals surface area contributed by atoms with Crippen molar-refractivity contribution < 1.29 is 4.79 Å². The second-order valence-electron chi connectivity index (χ2n) is 5.24. The van der Waals surface area contributed by atoms with Gasteiger partial charge in [-0.05, 0) is 41.8 Å². The maximum Gasteiger partial charge on any atom is 0.244 e. The Hall–Kier alpha value is -1.42.